The van der Waals surface area contributed by atoms with Crippen LogP contribution in [-0.2, 0) is 4.74 Å². The highest BCUT2D eigenvalue weighted by atomic mass is 32.2. The van der Waals surface area contributed by atoms with Gasteiger partial charge in [-0.2, -0.15) is 17.0 Å². The predicted molar refractivity (Wildman–Crippen MR) is 112 cm³/mol. The Kier molecular flexibility index (Phi) is 7.46. The number of ether oxygens (including phenoxy) is 2. The van der Waals surface area contributed by atoms with Gasteiger partial charge in [-0.3, -0.25) is 0 Å². The lowest BCUT2D eigenvalue weighted by Gasteiger charge is -2.41. The first-order valence-corrected chi connectivity index (χ1v) is 11.4. The fourth-order valence-corrected chi connectivity index (χ4v) is 5.23. The molecule has 4 nitrogen and oxygen atoms in total. The van der Waals surface area contributed by atoms with Gasteiger partial charge >= 0.3 is 0 Å². The zero-order chi connectivity index (χ0) is 19.2. The van der Waals surface area contributed by atoms with Crippen molar-refractivity contribution < 1.29 is 9.47 Å². The van der Waals surface area contributed by atoms with Gasteiger partial charge < -0.3 is 14.4 Å². The average Bonchev–Trinajstić information content (AvgIpc) is 2.73. The van der Waals surface area contributed by atoms with Crippen LogP contribution in [0.25, 0.3) is 0 Å². The number of rotatable bonds is 6. The summed E-state index contributed by atoms with van der Waals surface area (Å²) >= 11 is 2.02. The van der Waals surface area contributed by atoms with Gasteiger partial charge in [-0.15, -0.1) is 0 Å². The monoisotopic (exact) mass is 388 g/mol. The number of piperidine rings is 1. The fraction of sp³-hybridized carbons (Fsp3) is 0.682. The first kappa shape index (κ1) is 20.5. The smallest absolute Gasteiger partial charge is 0.122 e. The summed E-state index contributed by atoms with van der Waals surface area (Å²) in [5.41, 5.74) is 1.81. The highest BCUT2D eigenvalue weighted by Crippen LogP contribution is 2.34. The van der Waals surface area contributed by atoms with Crippen molar-refractivity contribution in [2.45, 2.75) is 62.3 Å². The molecule has 2 fully saturated rings. The van der Waals surface area contributed by atoms with Gasteiger partial charge in [-0.1, -0.05) is 6.92 Å². The van der Waals surface area contributed by atoms with Crippen molar-refractivity contribution in [1.29, 1.82) is 5.26 Å². The van der Waals surface area contributed by atoms with E-state index in [0.29, 0.717) is 17.5 Å². The number of nitriles is 1. The molecule has 0 aliphatic carbocycles. The van der Waals surface area contributed by atoms with Crippen LogP contribution in [0.1, 0.15) is 56.1 Å². The van der Waals surface area contributed by atoms with E-state index in [0.717, 1.165) is 42.4 Å². The van der Waals surface area contributed by atoms with E-state index in [4.69, 9.17) is 9.47 Å². The highest BCUT2D eigenvalue weighted by Gasteiger charge is 2.31. The quantitative estimate of drug-likeness (QED) is 0.721. The van der Waals surface area contributed by atoms with Gasteiger partial charge in [0.1, 0.15) is 5.75 Å². The number of nitrogens with zero attached hydrogens (tertiary/aromatic N) is 2. The minimum Gasteiger partial charge on any atom is -0.496 e. The molecule has 1 aromatic carbocycles. The molecule has 0 aromatic heterocycles. The van der Waals surface area contributed by atoms with Gasteiger partial charge in [0.05, 0.1) is 24.8 Å². The Labute approximate surface area is 168 Å². The van der Waals surface area contributed by atoms with Crippen LogP contribution in [0.15, 0.2) is 18.2 Å². The maximum atomic E-state index is 9.22. The van der Waals surface area contributed by atoms with Gasteiger partial charge in [0.15, 0.2) is 0 Å². The van der Waals surface area contributed by atoms with Crippen LogP contribution in [0.5, 0.6) is 5.75 Å². The molecule has 148 valence electrons. The molecule has 0 radical (unpaired) electrons. The molecule has 2 aliphatic rings. The SMILES string of the molecule is COc1ccc(C#N)cc1C(C)CC1CC(N2CCC(SC)CC2)CCO1. The maximum Gasteiger partial charge on any atom is 0.122 e. The molecule has 3 rings (SSSR count). The topological polar surface area (TPSA) is 45.5 Å². The van der Waals surface area contributed by atoms with E-state index in [2.05, 4.69) is 24.1 Å². The standard InChI is InChI=1S/C22H32N2O2S/c1-16(21-13-17(15-23)4-5-22(21)25-2)12-19-14-18(8-11-26-19)24-9-6-20(27-3)7-10-24/h4-5,13,16,18-20H,6-12,14H2,1-3H3. The van der Waals surface area contributed by atoms with Crippen molar-refractivity contribution in [3.05, 3.63) is 29.3 Å². The number of thioether (sulfide) groups is 1. The van der Waals surface area contributed by atoms with Crippen LogP contribution >= 0.6 is 11.8 Å². The molecule has 2 aliphatic heterocycles. The van der Waals surface area contributed by atoms with Crippen molar-refractivity contribution in [3.63, 3.8) is 0 Å². The molecule has 2 heterocycles. The molecule has 0 N–H and O–H groups in total. The maximum absolute atomic E-state index is 9.22. The van der Waals surface area contributed by atoms with Crippen LogP contribution < -0.4 is 4.74 Å². The Morgan fingerprint density at radius 3 is 2.78 bits per heavy atom. The third kappa shape index (κ3) is 5.19. The van der Waals surface area contributed by atoms with Crippen LogP contribution in [0.4, 0.5) is 0 Å². The Balaban J connectivity index is 1.60. The van der Waals surface area contributed by atoms with Crippen molar-refractivity contribution in [3.8, 4) is 11.8 Å². The first-order chi connectivity index (χ1) is 13.1. The van der Waals surface area contributed by atoms with E-state index in [1.807, 2.05) is 30.0 Å². The Morgan fingerprint density at radius 2 is 2.11 bits per heavy atom. The highest BCUT2D eigenvalue weighted by molar-refractivity contribution is 7.99. The van der Waals surface area contributed by atoms with E-state index in [9.17, 15) is 5.26 Å². The lowest BCUT2D eigenvalue weighted by Crippen LogP contribution is -2.46. The van der Waals surface area contributed by atoms with Crippen LogP contribution in [-0.4, -0.2) is 55.4 Å². The second-order valence-electron chi connectivity index (χ2n) is 7.85. The van der Waals surface area contributed by atoms with Crippen molar-refractivity contribution in [2.75, 3.05) is 33.1 Å². The molecule has 0 amide bonds. The number of methoxy groups -OCH3 is 1. The van der Waals surface area contributed by atoms with Gasteiger partial charge in [0, 0.05) is 17.9 Å². The van der Waals surface area contributed by atoms with E-state index >= 15 is 0 Å². The van der Waals surface area contributed by atoms with E-state index < -0.39 is 0 Å². The number of likely N-dealkylation sites (tertiary alicyclic amines) is 1. The van der Waals surface area contributed by atoms with Gasteiger partial charge in [0.25, 0.3) is 0 Å². The molecule has 2 saturated heterocycles. The zero-order valence-corrected chi connectivity index (χ0v) is 17.6. The van der Waals surface area contributed by atoms with E-state index in [1.165, 1.54) is 25.9 Å². The summed E-state index contributed by atoms with van der Waals surface area (Å²) in [5, 5.41) is 10.1. The minimum atomic E-state index is 0.285. The normalized spacial score (nSPS) is 25.7. The Morgan fingerprint density at radius 1 is 1.33 bits per heavy atom. The summed E-state index contributed by atoms with van der Waals surface area (Å²) < 4.78 is 11.7. The summed E-state index contributed by atoms with van der Waals surface area (Å²) in [6, 6.07) is 8.60. The summed E-state index contributed by atoms with van der Waals surface area (Å²) in [6.45, 7) is 5.54. The zero-order valence-electron chi connectivity index (χ0n) is 16.8. The molecule has 27 heavy (non-hydrogen) atoms. The second-order valence-corrected chi connectivity index (χ2v) is 8.99. The molecule has 1 aromatic rings. The molecular formula is C22H32N2O2S. The minimum absolute atomic E-state index is 0.285. The first-order valence-electron chi connectivity index (χ1n) is 10.1. The Bertz CT molecular complexity index is 652. The lowest BCUT2D eigenvalue weighted by molar-refractivity contribution is -0.0359. The molecular weight excluding hydrogens is 356 g/mol. The summed E-state index contributed by atoms with van der Waals surface area (Å²) in [5.74, 6) is 1.17. The fourth-order valence-electron chi connectivity index (χ4n) is 4.54. The van der Waals surface area contributed by atoms with Gasteiger partial charge in [-0.25, -0.2) is 0 Å². The third-order valence-electron chi connectivity index (χ3n) is 6.17. The summed E-state index contributed by atoms with van der Waals surface area (Å²) in [4.78, 5) is 2.70. The van der Waals surface area contributed by atoms with E-state index in [1.54, 1.807) is 7.11 Å². The molecule has 0 spiro atoms. The Hall–Kier alpha value is -1.22. The number of hydrogen-bond acceptors (Lipinski definition) is 5. The average molecular weight is 389 g/mol. The molecule has 5 heteroatoms. The number of benzene rings is 1. The van der Waals surface area contributed by atoms with Crippen molar-refractivity contribution in [2.24, 2.45) is 0 Å². The van der Waals surface area contributed by atoms with E-state index in [-0.39, 0.29) is 6.10 Å². The third-order valence-corrected chi connectivity index (χ3v) is 7.31. The second kappa shape index (κ2) is 9.82. The molecule has 3 unspecified atom stereocenters. The van der Waals surface area contributed by atoms with Crippen molar-refractivity contribution in [1.82, 2.24) is 4.90 Å². The molecule has 0 saturated carbocycles. The summed E-state index contributed by atoms with van der Waals surface area (Å²) in [6.07, 6.45) is 8.41. The van der Waals surface area contributed by atoms with Gasteiger partial charge in [-0.05, 0) is 81.1 Å². The predicted octanol–water partition coefficient (Wildman–Crippen LogP) is 4.44. The lowest BCUT2D eigenvalue weighted by atomic mass is 9.88. The number of hydrogen-bond donors (Lipinski definition) is 0. The molecule has 3 atom stereocenters. The van der Waals surface area contributed by atoms with Crippen LogP contribution in [0, 0.1) is 11.3 Å². The van der Waals surface area contributed by atoms with Crippen molar-refractivity contribution >= 4 is 11.8 Å². The van der Waals surface area contributed by atoms with Crippen LogP contribution in [0.2, 0.25) is 0 Å². The largest absolute Gasteiger partial charge is 0.496 e. The van der Waals surface area contributed by atoms with Gasteiger partial charge in [0.2, 0.25) is 0 Å². The molecule has 0 bridgehead atoms. The summed E-state index contributed by atoms with van der Waals surface area (Å²) in [7, 11) is 1.70. The van der Waals surface area contributed by atoms with Crippen LogP contribution in [0.3, 0.4) is 0 Å².